The van der Waals surface area contributed by atoms with Crippen molar-refractivity contribution in [3.63, 3.8) is 0 Å². The van der Waals surface area contributed by atoms with Gasteiger partial charge in [0.15, 0.2) is 0 Å². The number of hydrogen-bond donors (Lipinski definition) is 2. The largest absolute Gasteiger partial charge is 0.508 e. The van der Waals surface area contributed by atoms with Gasteiger partial charge >= 0.3 is 6.16 Å². The summed E-state index contributed by atoms with van der Waals surface area (Å²) in [7, 11) is 0. The van der Waals surface area contributed by atoms with Gasteiger partial charge in [0, 0.05) is 25.9 Å². The van der Waals surface area contributed by atoms with E-state index in [1.165, 1.54) is 0 Å². The molecule has 0 aromatic carbocycles. The van der Waals surface area contributed by atoms with Crippen LogP contribution in [0, 0.1) is 11.8 Å². The molecule has 2 atom stereocenters. The molecule has 0 bridgehead atoms. The van der Waals surface area contributed by atoms with Crippen LogP contribution in [0.3, 0.4) is 0 Å². The van der Waals surface area contributed by atoms with Crippen LogP contribution < -0.4 is 10.6 Å². The van der Waals surface area contributed by atoms with Crippen molar-refractivity contribution in [3.05, 3.63) is 0 Å². The first kappa shape index (κ1) is 19.4. The molecule has 2 N–H and O–H groups in total. The minimum atomic E-state index is -0.635. The number of nitrogens with one attached hydrogen (secondary N) is 2. The summed E-state index contributed by atoms with van der Waals surface area (Å²) in [6.45, 7) is 11.9. The molecule has 2 unspecified atom stereocenters. The summed E-state index contributed by atoms with van der Waals surface area (Å²) in [4.78, 5) is 11.8. The maximum absolute atomic E-state index is 11.8. The van der Waals surface area contributed by atoms with Crippen LogP contribution >= 0.6 is 0 Å². The number of hydrogen-bond acceptors (Lipinski definition) is 7. The van der Waals surface area contributed by atoms with E-state index in [4.69, 9.17) is 18.9 Å². The standard InChI is InChI=1S/C17H32N2O5/c1-13(2)16(18-7-11-23-16)5-9-21-15(20)22-10-6-17(14(3)4)19-8-12-24-17/h13-14,18-19H,5-12H2,1-4H3. The van der Waals surface area contributed by atoms with Crippen molar-refractivity contribution in [1.29, 1.82) is 0 Å². The number of rotatable bonds is 8. The Bertz CT molecular complexity index is 366. The second-order valence-corrected chi connectivity index (χ2v) is 7.09. The fraction of sp³-hybridized carbons (Fsp3) is 0.941. The van der Waals surface area contributed by atoms with Crippen LogP contribution in [-0.2, 0) is 18.9 Å². The van der Waals surface area contributed by atoms with Gasteiger partial charge in [-0.3, -0.25) is 10.6 Å². The highest BCUT2D eigenvalue weighted by Crippen LogP contribution is 2.27. The van der Waals surface area contributed by atoms with E-state index < -0.39 is 17.6 Å². The number of carbonyl (C=O) groups is 1. The predicted octanol–water partition coefficient (Wildman–Crippen LogP) is 1.86. The Morgan fingerprint density at radius 2 is 1.33 bits per heavy atom. The van der Waals surface area contributed by atoms with Crippen LogP contribution in [0.4, 0.5) is 4.79 Å². The number of carbonyl (C=O) groups excluding carboxylic acids is 1. The van der Waals surface area contributed by atoms with Crippen molar-refractivity contribution < 1.29 is 23.7 Å². The third-order valence-corrected chi connectivity index (χ3v) is 5.02. The Morgan fingerprint density at radius 3 is 1.62 bits per heavy atom. The van der Waals surface area contributed by atoms with E-state index >= 15 is 0 Å². The Kier molecular flexibility index (Phi) is 6.86. The summed E-state index contributed by atoms with van der Waals surface area (Å²) in [5.74, 6) is 0.604. The van der Waals surface area contributed by atoms with Crippen molar-refractivity contribution in [3.8, 4) is 0 Å². The van der Waals surface area contributed by atoms with Crippen molar-refractivity contribution in [2.24, 2.45) is 11.8 Å². The minimum Gasteiger partial charge on any atom is -0.434 e. The lowest BCUT2D eigenvalue weighted by atomic mass is 9.97. The molecular formula is C17H32N2O5. The van der Waals surface area contributed by atoms with E-state index in [9.17, 15) is 4.79 Å². The quantitative estimate of drug-likeness (QED) is 0.651. The molecule has 0 saturated carbocycles. The average Bonchev–Trinajstić information content (AvgIpc) is 3.18. The summed E-state index contributed by atoms with van der Waals surface area (Å²) in [5.41, 5.74) is -0.798. The maximum Gasteiger partial charge on any atom is 0.508 e. The molecule has 140 valence electrons. The first-order valence-corrected chi connectivity index (χ1v) is 8.98. The van der Waals surface area contributed by atoms with Crippen LogP contribution in [-0.4, -0.2) is 57.1 Å². The summed E-state index contributed by atoms with van der Waals surface area (Å²) in [6.07, 6.45) is 0.588. The second-order valence-electron chi connectivity index (χ2n) is 7.09. The van der Waals surface area contributed by atoms with Crippen LogP contribution in [0.1, 0.15) is 40.5 Å². The van der Waals surface area contributed by atoms with Gasteiger partial charge in [-0.25, -0.2) is 4.79 Å². The first-order valence-electron chi connectivity index (χ1n) is 8.98. The molecule has 0 aliphatic carbocycles. The summed E-state index contributed by atoms with van der Waals surface area (Å²) in [5, 5.41) is 6.72. The fourth-order valence-corrected chi connectivity index (χ4v) is 3.35. The zero-order valence-electron chi connectivity index (χ0n) is 15.4. The van der Waals surface area contributed by atoms with Gasteiger partial charge in [-0.05, 0) is 11.8 Å². The van der Waals surface area contributed by atoms with Crippen molar-refractivity contribution in [2.45, 2.75) is 52.0 Å². The molecule has 2 fully saturated rings. The zero-order valence-corrected chi connectivity index (χ0v) is 15.4. The molecule has 0 spiro atoms. The molecular weight excluding hydrogens is 312 g/mol. The van der Waals surface area contributed by atoms with Gasteiger partial charge in [0.2, 0.25) is 0 Å². The van der Waals surface area contributed by atoms with Crippen LogP contribution in [0.15, 0.2) is 0 Å². The van der Waals surface area contributed by atoms with E-state index in [0.717, 1.165) is 13.1 Å². The molecule has 2 saturated heterocycles. The Labute approximate surface area is 144 Å². The first-order chi connectivity index (χ1) is 11.4. The van der Waals surface area contributed by atoms with Gasteiger partial charge in [0.25, 0.3) is 0 Å². The van der Waals surface area contributed by atoms with Gasteiger partial charge in [-0.2, -0.15) is 0 Å². The Balaban J connectivity index is 1.66. The third kappa shape index (κ3) is 4.59. The molecule has 24 heavy (non-hydrogen) atoms. The minimum absolute atomic E-state index is 0.272. The van der Waals surface area contributed by atoms with E-state index in [-0.39, 0.29) is 13.2 Å². The van der Waals surface area contributed by atoms with Crippen LogP contribution in [0.25, 0.3) is 0 Å². The van der Waals surface area contributed by atoms with Crippen molar-refractivity contribution in [2.75, 3.05) is 39.5 Å². The molecule has 2 aliphatic rings. The topological polar surface area (TPSA) is 78.1 Å². The molecule has 0 amide bonds. The predicted molar refractivity (Wildman–Crippen MR) is 89.6 cm³/mol. The smallest absolute Gasteiger partial charge is 0.434 e. The van der Waals surface area contributed by atoms with Crippen molar-refractivity contribution >= 4 is 6.16 Å². The monoisotopic (exact) mass is 344 g/mol. The van der Waals surface area contributed by atoms with Crippen molar-refractivity contribution in [1.82, 2.24) is 10.6 Å². The molecule has 0 aromatic heterocycles. The van der Waals surface area contributed by atoms with Gasteiger partial charge < -0.3 is 18.9 Å². The lowest BCUT2D eigenvalue weighted by Gasteiger charge is -2.33. The molecule has 0 radical (unpaired) electrons. The highest BCUT2D eigenvalue weighted by Gasteiger charge is 2.39. The SMILES string of the molecule is CC(C)C1(CCOC(=O)OCCC2(C(C)C)NCCO2)NCCO1. The van der Waals surface area contributed by atoms with E-state index in [1.807, 2.05) is 0 Å². The van der Waals surface area contributed by atoms with Gasteiger partial charge in [0.1, 0.15) is 11.4 Å². The average molecular weight is 344 g/mol. The lowest BCUT2D eigenvalue weighted by molar-refractivity contribution is -0.0748. The van der Waals surface area contributed by atoms with E-state index in [1.54, 1.807) is 0 Å². The van der Waals surface area contributed by atoms with E-state index in [2.05, 4.69) is 38.3 Å². The highest BCUT2D eigenvalue weighted by atomic mass is 16.7. The molecule has 2 rings (SSSR count). The highest BCUT2D eigenvalue weighted by molar-refractivity contribution is 5.59. The van der Waals surface area contributed by atoms with Gasteiger partial charge in [0.05, 0.1) is 26.4 Å². The summed E-state index contributed by atoms with van der Waals surface area (Å²) >= 11 is 0. The molecule has 2 aliphatic heterocycles. The zero-order chi connectivity index (χ0) is 17.6. The van der Waals surface area contributed by atoms with E-state index in [0.29, 0.717) is 37.9 Å². The second kappa shape index (κ2) is 8.47. The normalized spacial score (nSPS) is 30.2. The van der Waals surface area contributed by atoms with Crippen LogP contribution in [0.2, 0.25) is 0 Å². The summed E-state index contributed by atoms with van der Waals surface area (Å²) < 4.78 is 22.0. The Morgan fingerprint density at radius 1 is 0.917 bits per heavy atom. The van der Waals surface area contributed by atoms with Gasteiger partial charge in [-0.15, -0.1) is 0 Å². The van der Waals surface area contributed by atoms with Crippen LogP contribution in [0.5, 0.6) is 0 Å². The number of ether oxygens (including phenoxy) is 4. The lowest BCUT2D eigenvalue weighted by Crippen LogP contribution is -2.47. The third-order valence-electron chi connectivity index (χ3n) is 5.02. The van der Waals surface area contributed by atoms with Gasteiger partial charge in [-0.1, -0.05) is 27.7 Å². The molecule has 7 nitrogen and oxygen atoms in total. The molecule has 2 heterocycles. The molecule has 0 aromatic rings. The Hall–Kier alpha value is -0.890. The fourth-order valence-electron chi connectivity index (χ4n) is 3.35. The summed E-state index contributed by atoms with van der Waals surface area (Å²) in [6, 6.07) is 0. The maximum atomic E-state index is 11.8. The molecule has 7 heteroatoms.